The first-order valence-corrected chi connectivity index (χ1v) is 9.10. The molecule has 4 atom stereocenters. The van der Waals surface area contributed by atoms with Crippen LogP contribution >= 0.6 is 11.6 Å². The van der Waals surface area contributed by atoms with Gasteiger partial charge in [-0.3, -0.25) is 9.59 Å². The van der Waals surface area contributed by atoms with Crippen LogP contribution in [0.4, 0.5) is 0 Å². The molecule has 1 heterocycles. The Balaban J connectivity index is 1.55. The largest absolute Gasteiger partial charge is 0.493 e. The molecule has 1 N–H and O–H groups in total. The number of benzene rings is 1. The molecule has 9 heteroatoms. The first kappa shape index (κ1) is 18.5. The molecule has 2 bridgehead atoms. The van der Waals surface area contributed by atoms with Crippen molar-refractivity contribution in [2.24, 2.45) is 28.8 Å². The first-order chi connectivity index (χ1) is 13.4. The van der Waals surface area contributed by atoms with Gasteiger partial charge in [-0.25, -0.2) is 4.79 Å². The SMILES string of the molecule is COc1cc(/C=N\N2C(=O)[C@H]3[C@H](C2=O)[C@H]2C=C[C@H]3C2)cc(Cl)c1OCC(=O)O. The molecule has 2 fully saturated rings. The van der Waals surface area contributed by atoms with Gasteiger partial charge in [-0.15, -0.1) is 0 Å². The van der Waals surface area contributed by atoms with E-state index in [1.807, 2.05) is 12.2 Å². The third-order valence-corrected chi connectivity index (χ3v) is 5.64. The molecule has 146 valence electrons. The quantitative estimate of drug-likeness (QED) is 0.441. The smallest absolute Gasteiger partial charge is 0.341 e. The van der Waals surface area contributed by atoms with Crippen LogP contribution in [0.15, 0.2) is 29.4 Å². The Morgan fingerprint density at radius 2 is 1.93 bits per heavy atom. The highest BCUT2D eigenvalue weighted by molar-refractivity contribution is 6.32. The van der Waals surface area contributed by atoms with Crippen LogP contribution in [0.1, 0.15) is 12.0 Å². The zero-order chi connectivity index (χ0) is 20.0. The second-order valence-electron chi connectivity index (χ2n) is 6.95. The van der Waals surface area contributed by atoms with Crippen LogP contribution < -0.4 is 9.47 Å². The molecule has 1 aromatic rings. The fourth-order valence-electron chi connectivity index (χ4n) is 4.21. The van der Waals surface area contributed by atoms with Crippen molar-refractivity contribution in [1.29, 1.82) is 0 Å². The van der Waals surface area contributed by atoms with Gasteiger partial charge in [0, 0.05) is 0 Å². The molecular weight excluding hydrogens is 388 g/mol. The van der Waals surface area contributed by atoms with E-state index in [9.17, 15) is 14.4 Å². The summed E-state index contributed by atoms with van der Waals surface area (Å²) in [6.07, 6.45) is 6.24. The average molecular weight is 405 g/mol. The summed E-state index contributed by atoms with van der Waals surface area (Å²) >= 11 is 6.16. The number of hydrazone groups is 1. The Bertz CT molecular complexity index is 897. The normalized spacial score (nSPS) is 27.7. The highest BCUT2D eigenvalue weighted by Gasteiger charge is 2.59. The number of aliphatic carboxylic acids is 1. The van der Waals surface area contributed by atoms with Crippen molar-refractivity contribution >= 4 is 35.6 Å². The van der Waals surface area contributed by atoms with E-state index in [1.165, 1.54) is 25.5 Å². The monoisotopic (exact) mass is 404 g/mol. The number of carboxylic acids is 1. The number of imide groups is 1. The number of carboxylic acid groups (broad SMARTS) is 1. The van der Waals surface area contributed by atoms with Gasteiger partial charge in [-0.2, -0.15) is 10.1 Å². The van der Waals surface area contributed by atoms with Crippen molar-refractivity contribution in [3.63, 3.8) is 0 Å². The van der Waals surface area contributed by atoms with Crippen molar-refractivity contribution in [3.8, 4) is 11.5 Å². The number of nitrogens with zero attached hydrogens (tertiary/aromatic N) is 2. The molecule has 0 radical (unpaired) electrons. The summed E-state index contributed by atoms with van der Waals surface area (Å²) in [7, 11) is 1.39. The molecule has 0 spiro atoms. The third kappa shape index (κ3) is 2.93. The van der Waals surface area contributed by atoms with Gasteiger partial charge in [0.05, 0.1) is 30.2 Å². The van der Waals surface area contributed by atoms with Crippen molar-refractivity contribution in [2.75, 3.05) is 13.7 Å². The van der Waals surface area contributed by atoms with E-state index in [0.29, 0.717) is 5.56 Å². The van der Waals surface area contributed by atoms with Gasteiger partial charge in [0.15, 0.2) is 18.1 Å². The Hall–Kier alpha value is -2.87. The lowest BCUT2D eigenvalue weighted by Crippen LogP contribution is -2.28. The van der Waals surface area contributed by atoms with Gasteiger partial charge in [-0.05, 0) is 36.0 Å². The molecule has 1 aromatic carbocycles. The zero-order valence-electron chi connectivity index (χ0n) is 14.9. The molecule has 8 nitrogen and oxygen atoms in total. The van der Waals surface area contributed by atoms with Gasteiger partial charge < -0.3 is 14.6 Å². The van der Waals surface area contributed by atoms with Crippen LogP contribution in [0.5, 0.6) is 11.5 Å². The summed E-state index contributed by atoms with van der Waals surface area (Å²) in [5.74, 6) is -1.79. The van der Waals surface area contributed by atoms with Crippen LogP contribution in [-0.2, 0) is 14.4 Å². The van der Waals surface area contributed by atoms with Crippen molar-refractivity contribution in [2.45, 2.75) is 6.42 Å². The maximum atomic E-state index is 12.6. The number of carbonyl (C=O) groups excluding carboxylic acids is 2. The minimum Gasteiger partial charge on any atom is -0.493 e. The number of rotatable bonds is 6. The van der Waals surface area contributed by atoms with Crippen LogP contribution in [0.3, 0.4) is 0 Å². The highest BCUT2D eigenvalue weighted by Crippen LogP contribution is 2.52. The summed E-state index contributed by atoms with van der Waals surface area (Å²) in [5, 5.41) is 13.9. The van der Waals surface area contributed by atoms with E-state index in [0.717, 1.165) is 11.4 Å². The fraction of sp³-hybridized carbons (Fsp3) is 0.368. The maximum Gasteiger partial charge on any atom is 0.341 e. The summed E-state index contributed by atoms with van der Waals surface area (Å²) in [6.45, 7) is -0.570. The second kappa shape index (κ2) is 6.94. The van der Waals surface area contributed by atoms with Gasteiger partial charge >= 0.3 is 5.97 Å². The van der Waals surface area contributed by atoms with E-state index >= 15 is 0 Å². The summed E-state index contributed by atoms with van der Waals surface area (Å²) < 4.78 is 10.3. The molecule has 2 amide bonds. The number of methoxy groups -OCH3 is 1. The topological polar surface area (TPSA) is 106 Å². The van der Waals surface area contributed by atoms with Crippen LogP contribution in [0.2, 0.25) is 5.02 Å². The van der Waals surface area contributed by atoms with Gasteiger partial charge in [0.25, 0.3) is 11.8 Å². The Morgan fingerprint density at radius 1 is 1.29 bits per heavy atom. The van der Waals surface area contributed by atoms with Crippen LogP contribution in [0.25, 0.3) is 0 Å². The standard InChI is InChI=1S/C19H17ClN2O6/c1-27-13-5-9(4-12(20)17(13)28-8-14(23)24)7-21-22-18(25)15-10-2-3-11(6-10)16(15)19(22)26/h2-5,7,10-11,15-16H,6,8H2,1H3,(H,23,24)/b21-7-/t10-,11-,15+,16+/m0/s1. The van der Waals surface area contributed by atoms with E-state index in [1.54, 1.807) is 0 Å². The molecule has 3 aliphatic rings. The van der Waals surface area contributed by atoms with Crippen LogP contribution in [-0.4, -0.2) is 47.8 Å². The molecular formula is C19H17ClN2O6. The highest BCUT2D eigenvalue weighted by atomic mass is 35.5. The van der Waals surface area contributed by atoms with Crippen molar-refractivity contribution < 1.29 is 29.0 Å². The van der Waals surface area contributed by atoms with E-state index in [-0.39, 0.29) is 52.0 Å². The number of fused-ring (bicyclic) bond motifs is 5. The van der Waals surface area contributed by atoms with Gasteiger partial charge in [0.2, 0.25) is 0 Å². The summed E-state index contributed by atoms with van der Waals surface area (Å²) in [6, 6.07) is 3.02. The lowest BCUT2D eigenvalue weighted by atomic mass is 9.85. The predicted molar refractivity (Wildman–Crippen MR) is 98.3 cm³/mol. The first-order valence-electron chi connectivity index (χ1n) is 8.73. The average Bonchev–Trinajstić information content (AvgIpc) is 3.33. The number of carbonyl (C=O) groups is 3. The molecule has 28 heavy (non-hydrogen) atoms. The second-order valence-corrected chi connectivity index (χ2v) is 7.36. The zero-order valence-corrected chi connectivity index (χ0v) is 15.6. The number of halogens is 1. The predicted octanol–water partition coefficient (Wildman–Crippen LogP) is 1.95. The fourth-order valence-corrected chi connectivity index (χ4v) is 4.49. The minimum atomic E-state index is -1.15. The Morgan fingerprint density at radius 3 is 2.50 bits per heavy atom. The Kier molecular flexibility index (Phi) is 4.58. The number of amides is 2. The summed E-state index contributed by atoms with van der Waals surface area (Å²) in [5.41, 5.74) is 0.475. The molecule has 1 aliphatic heterocycles. The van der Waals surface area contributed by atoms with Crippen molar-refractivity contribution in [1.82, 2.24) is 5.01 Å². The summed E-state index contributed by atoms with van der Waals surface area (Å²) in [4.78, 5) is 36.0. The third-order valence-electron chi connectivity index (χ3n) is 5.36. The lowest BCUT2D eigenvalue weighted by molar-refractivity contribution is -0.141. The molecule has 4 rings (SSSR count). The number of ether oxygens (including phenoxy) is 2. The minimum absolute atomic E-state index is 0.0919. The number of hydrogen-bond acceptors (Lipinski definition) is 6. The van der Waals surface area contributed by atoms with Crippen molar-refractivity contribution in [3.05, 3.63) is 34.9 Å². The van der Waals surface area contributed by atoms with Crippen LogP contribution in [0, 0.1) is 23.7 Å². The Labute approximate surface area is 165 Å². The molecule has 0 unspecified atom stereocenters. The van der Waals surface area contributed by atoms with E-state index in [4.69, 9.17) is 26.2 Å². The molecule has 1 saturated heterocycles. The maximum absolute atomic E-state index is 12.6. The molecule has 1 saturated carbocycles. The number of hydrogen-bond donors (Lipinski definition) is 1. The van der Waals surface area contributed by atoms with Gasteiger partial charge in [-0.1, -0.05) is 23.8 Å². The lowest BCUT2D eigenvalue weighted by Gasteiger charge is -2.13. The number of allylic oxidation sites excluding steroid dienone is 2. The molecule has 2 aliphatic carbocycles. The van der Waals surface area contributed by atoms with E-state index in [2.05, 4.69) is 5.10 Å². The van der Waals surface area contributed by atoms with E-state index < -0.39 is 12.6 Å². The van der Waals surface area contributed by atoms with Gasteiger partial charge in [0.1, 0.15) is 0 Å². The molecule has 0 aromatic heterocycles.